The molecule has 0 radical (unpaired) electrons. The first-order valence-corrected chi connectivity index (χ1v) is 5.60. The molecule has 3 aliphatic rings. The third kappa shape index (κ3) is 0.891. The minimum atomic E-state index is 0.431. The summed E-state index contributed by atoms with van der Waals surface area (Å²) in [4.78, 5) is 0. The smallest absolute Gasteiger partial charge is 0.0976 e. The third-order valence-corrected chi connectivity index (χ3v) is 4.19. The second-order valence-corrected chi connectivity index (χ2v) is 4.79. The quantitative estimate of drug-likeness (QED) is 0.504. The summed E-state index contributed by atoms with van der Waals surface area (Å²) in [5, 5.41) is 0. The first kappa shape index (κ1) is 7.37. The number of epoxide rings is 1. The predicted octanol–water partition coefficient (Wildman–Crippen LogP) is 2.89. The molecule has 3 fully saturated rings. The largest absolute Gasteiger partial charge is 0.366 e. The molecular formula is C11H18O. The lowest BCUT2D eigenvalue weighted by Crippen LogP contribution is -2.23. The van der Waals surface area contributed by atoms with Crippen LogP contribution in [0.25, 0.3) is 0 Å². The highest BCUT2D eigenvalue weighted by molar-refractivity contribution is 5.12. The van der Waals surface area contributed by atoms with Gasteiger partial charge in [-0.15, -0.1) is 0 Å². The topological polar surface area (TPSA) is 12.5 Å². The zero-order valence-corrected chi connectivity index (χ0v) is 7.72. The maximum atomic E-state index is 5.88. The highest BCUT2D eigenvalue weighted by Crippen LogP contribution is 2.58. The van der Waals surface area contributed by atoms with Crippen LogP contribution in [-0.4, -0.2) is 11.7 Å². The molecule has 0 bridgehead atoms. The highest BCUT2D eigenvalue weighted by atomic mass is 16.6. The molecular weight excluding hydrogens is 148 g/mol. The van der Waals surface area contributed by atoms with Crippen LogP contribution < -0.4 is 0 Å². The van der Waals surface area contributed by atoms with E-state index < -0.39 is 0 Å². The standard InChI is InChI=1S/C11H18O/c1-2-4-8-11-9(5-3-1)6-7-10(11)12-11/h9-10H,1-8H2/t9-,10+,11-/m1/s1. The van der Waals surface area contributed by atoms with Gasteiger partial charge >= 0.3 is 0 Å². The van der Waals surface area contributed by atoms with Gasteiger partial charge in [-0.1, -0.05) is 25.7 Å². The minimum absolute atomic E-state index is 0.431. The molecule has 0 amide bonds. The Morgan fingerprint density at radius 2 is 1.83 bits per heavy atom. The van der Waals surface area contributed by atoms with Crippen LogP contribution in [0.1, 0.15) is 51.4 Å². The van der Waals surface area contributed by atoms with Crippen LogP contribution in [0.2, 0.25) is 0 Å². The zero-order valence-electron chi connectivity index (χ0n) is 7.72. The van der Waals surface area contributed by atoms with Gasteiger partial charge in [0.1, 0.15) is 0 Å². The van der Waals surface area contributed by atoms with Gasteiger partial charge < -0.3 is 4.74 Å². The van der Waals surface area contributed by atoms with Crippen molar-refractivity contribution in [3.05, 3.63) is 0 Å². The van der Waals surface area contributed by atoms with E-state index >= 15 is 0 Å². The van der Waals surface area contributed by atoms with Gasteiger partial charge in [-0.05, 0) is 31.6 Å². The summed E-state index contributed by atoms with van der Waals surface area (Å²) in [6, 6.07) is 0. The Morgan fingerprint density at radius 3 is 2.75 bits per heavy atom. The van der Waals surface area contributed by atoms with Crippen LogP contribution in [0, 0.1) is 5.92 Å². The Bertz CT molecular complexity index is 189. The first-order valence-electron chi connectivity index (χ1n) is 5.60. The van der Waals surface area contributed by atoms with Crippen molar-refractivity contribution in [3.8, 4) is 0 Å². The second kappa shape index (κ2) is 2.47. The fourth-order valence-electron chi connectivity index (χ4n) is 3.45. The van der Waals surface area contributed by atoms with Crippen molar-refractivity contribution >= 4 is 0 Å². The van der Waals surface area contributed by atoms with E-state index in [1.807, 2.05) is 0 Å². The van der Waals surface area contributed by atoms with Crippen molar-refractivity contribution in [1.82, 2.24) is 0 Å². The molecule has 0 N–H and O–H groups in total. The van der Waals surface area contributed by atoms with Crippen LogP contribution in [0.4, 0.5) is 0 Å². The van der Waals surface area contributed by atoms with E-state index in [4.69, 9.17) is 4.74 Å². The van der Waals surface area contributed by atoms with Gasteiger partial charge in [-0.25, -0.2) is 0 Å². The third-order valence-electron chi connectivity index (χ3n) is 4.19. The molecule has 3 atom stereocenters. The normalized spacial score (nSPS) is 52.0. The van der Waals surface area contributed by atoms with Crippen molar-refractivity contribution < 1.29 is 4.74 Å². The fraction of sp³-hybridized carbons (Fsp3) is 1.00. The molecule has 2 aliphatic carbocycles. The number of hydrogen-bond acceptors (Lipinski definition) is 1. The van der Waals surface area contributed by atoms with Crippen LogP contribution in [0.15, 0.2) is 0 Å². The van der Waals surface area contributed by atoms with Gasteiger partial charge in [0.25, 0.3) is 0 Å². The average molecular weight is 166 g/mol. The highest BCUT2D eigenvalue weighted by Gasteiger charge is 2.63. The first-order chi connectivity index (χ1) is 5.92. The van der Waals surface area contributed by atoms with Crippen molar-refractivity contribution in [2.75, 3.05) is 0 Å². The molecule has 1 heteroatoms. The summed E-state index contributed by atoms with van der Waals surface area (Å²) < 4.78 is 5.88. The van der Waals surface area contributed by atoms with Gasteiger partial charge in [0.15, 0.2) is 0 Å². The number of rotatable bonds is 0. The summed E-state index contributed by atoms with van der Waals surface area (Å²) in [5.41, 5.74) is 0.431. The second-order valence-electron chi connectivity index (χ2n) is 4.79. The molecule has 1 aliphatic heterocycles. The van der Waals surface area contributed by atoms with E-state index in [9.17, 15) is 0 Å². The Balaban J connectivity index is 1.77. The van der Waals surface area contributed by atoms with E-state index in [-0.39, 0.29) is 0 Å². The molecule has 0 aromatic heterocycles. The van der Waals surface area contributed by atoms with E-state index in [0.717, 1.165) is 5.92 Å². The Hall–Kier alpha value is -0.0400. The Morgan fingerprint density at radius 1 is 0.917 bits per heavy atom. The molecule has 3 rings (SSSR count). The summed E-state index contributed by atoms with van der Waals surface area (Å²) >= 11 is 0. The molecule has 1 saturated heterocycles. The Kier molecular flexibility index (Phi) is 1.52. The predicted molar refractivity (Wildman–Crippen MR) is 48.0 cm³/mol. The Labute approximate surface area is 74.5 Å². The van der Waals surface area contributed by atoms with Crippen LogP contribution in [0.5, 0.6) is 0 Å². The summed E-state index contributed by atoms with van der Waals surface area (Å²) in [6.45, 7) is 0. The molecule has 2 saturated carbocycles. The summed E-state index contributed by atoms with van der Waals surface area (Å²) in [6.07, 6.45) is 12.2. The summed E-state index contributed by atoms with van der Waals surface area (Å²) in [7, 11) is 0. The van der Waals surface area contributed by atoms with Gasteiger partial charge in [-0.3, -0.25) is 0 Å². The van der Waals surface area contributed by atoms with Crippen molar-refractivity contribution in [2.24, 2.45) is 5.92 Å². The summed E-state index contributed by atoms with van der Waals surface area (Å²) in [5.74, 6) is 0.947. The lowest BCUT2D eigenvalue weighted by Gasteiger charge is -2.23. The van der Waals surface area contributed by atoms with Crippen molar-refractivity contribution in [3.63, 3.8) is 0 Å². The minimum Gasteiger partial charge on any atom is -0.366 e. The van der Waals surface area contributed by atoms with Gasteiger partial charge in [-0.2, -0.15) is 0 Å². The molecule has 0 aromatic rings. The van der Waals surface area contributed by atoms with Gasteiger partial charge in [0, 0.05) is 0 Å². The van der Waals surface area contributed by atoms with E-state index in [1.54, 1.807) is 0 Å². The lowest BCUT2D eigenvalue weighted by molar-refractivity contribution is 0.156. The molecule has 0 aromatic carbocycles. The fourth-order valence-corrected chi connectivity index (χ4v) is 3.45. The van der Waals surface area contributed by atoms with Crippen LogP contribution in [-0.2, 0) is 4.74 Å². The van der Waals surface area contributed by atoms with Gasteiger partial charge in [0.2, 0.25) is 0 Å². The molecule has 1 nitrogen and oxygen atoms in total. The SMILES string of the molecule is C1CCC[C@]23O[C@H]2CC[C@H]3CC1. The van der Waals surface area contributed by atoms with Crippen molar-refractivity contribution in [1.29, 1.82) is 0 Å². The number of hydrogen-bond donors (Lipinski definition) is 0. The molecule has 0 unspecified atom stereocenters. The molecule has 68 valence electrons. The zero-order chi connectivity index (χ0) is 8.02. The molecule has 1 spiro atoms. The van der Waals surface area contributed by atoms with Gasteiger partial charge in [0.05, 0.1) is 11.7 Å². The maximum absolute atomic E-state index is 5.88. The van der Waals surface area contributed by atoms with E-state index in [0.29, 0.717) is 11.7 Å². The number of ether oxygens (including phenoxy) is 1. The van der Waals surface area contributed by atoms with E-state index in [2.05, 4.69) is 0 Å². The van der Waals surface area contributed by atoms with Crippen LogP contribution >= 0.6 is 0 Å². The van der Waals surface area contributed by atoms with Crippen molar-refractivity contribution in [2.45, 2.75) is 63.1 Å². The lowest BCUT2D eigenvalue weighted by atomic mass is 9.83. The molecule has 12 heavy (non-hydrogen) atoms. The maximum Gasteiger partial charge on any atom is 0.0976 e. The van der Waals surface area contributed by atoms with E-state index in [1.165, 1.54) is 51.4 Å². The average Bonchev–Trinajstić information content (AvgIpc) is 2.66. The monoisotopic (exact) mass is 166 g/mol. The van der Waals surface area contributed by atoms with Crippen LogP contribution in [0.3, 0.4) is 0 Å². The molecule has 1 heterocycles.